The fourth-order valence-electron chi connectivity index (χ4n) is 4.01. The lowest BCUT2D eigenvalue weighted by Crippen LogP contribution is -2.59. The van der Waals surface area contributed by atoms with Crippen molar-refractivity contribution >= 4 is 23.1 Å². The number of hydrogen-bond donors (Lipinski definition) is 3. The van der Waals surface area contributed by atoms with Crippen LogP contribution in [0.25, 0.3) is 5.57 Å². The Kier molecular flexibility index (Phi) is 7.89. The number of likely N-dealkylation sites (tertiary alicyclic amines) is 1. The molecule has 194 valence electrons. The Labute approximate surface area is 203 Å². The van der Waals surface area contributed by atoms with Crippen molar-refractivity contribution in [3.8, 4) is 0 Å². The lowest BCUT2D eigenvalue weighted by atomic mass is 9.87. The van der Waals surface area contributed by atoms with Crippen molar-refractivity contribution in [1.29, 1.82) is 5.41 Å². The van der Waals surface area contributed by atoms with Gasteiger partial charge in [-0.2, -0.15) is 13.2 Å². The normalized spacial score (nSPS) is 20.1. The van der Waals surface area contributed by atoms with Crippen LogP contribution in [0.5, 0.6) is 0 Å². The number of carbonyl (C=O) groups excluding carboxylic acids is 1. The summed E-state index contributed by atoms with van der Waals surface area (Å²) in [4.78, 5) is 21.3. The van der Waals surface area contributed by atoms with Gasteiger partial charge in [-0.05, 0) is 12.0 Å². The predicted octanol–water partition coefficient (Wildman–Crippen LogP) is 4.20. The smallest absolute Gasteiger partial charge is 0.393 e. The molecule has 0 saturated carbocycles. The summed E-state index contributed by atoms with van der Waals surface area (Å²) >= 11 is 0. The van der Waals surface area contributed by atoms with E-state index in [2.05, 4.69) is 20.6 Å². The first-order valence-corrected chi connectivity index (χ1v) is 10.9. The van der Waals surface area contributed by atoms with Gasteiger partial charge in [0, 0.05) is 49.7 Å². The van der Waals surface area contributed by atoms with Gasteiger partial charge in [-0.25, -0.2) is 23.1 Å². The van der Waals surface area contributed by atoms with E-state index in [1.54, 1.807) is 0 Å². The van der Waals surface area contributed by atoms with E-state index in [4.69, 9.17) is 5.41 Å². The van der Waals surface area contributed by atoms with Gasteiger partial charge in [0.25, 0.3) is 11.8 Å². The van der Waals surface area contributed by atoms with Crippen LogP contribution in [-0.2, 0) is 11.0 Å². The minimum atomic E-state index is -4.62. The van der Waals surface area contributed by atoms with Crippen LogP contribution >= 0.6 is 0 Å². The van der Waals surface area contributed by atoms with Crippen molar-refractivity contribution in [2.75, 3.05) is 25.5 Å². The van der Waals surface area contributed by atoms with Gasteiger partial charge in [0.1, 0.15) is 11.5 Å². The highest BCUT2D eigenvalue weighted by molar-refractivity contribution is 6.54. The Hall–Kier alpha value is -3.64. The van der Waals surface area contributed by atoms with Crippen LogP contribution < -0.4 is 10.6 Å². The Morgan fingerprint density at radius 1 is 1.25 bits per heavy atom. The molecule has 0 spiro atoms. The van der Waals surface area contributed by atoms with Crippen molar-refractivity contribution in [3.63, 3.8) is 0 Å². The number of anilines is 1. The van der Waals surface area contributed by atoms with Gasteiger partial charge in [0.2, 0.25) is 5.95 Å². The molecule has 1 aromatic heterocycles. The third-order valence-corrected chi connectivity index (χ3v) is 5.72. The summed E-state index contributed by atoms with van der Waals surface area (Å²) in [5, 5.41) is 13.7. The summed E-state index contributed by atoms with van der Waals surface area (Å²) in [6, 6.07) is 4.56. The average molecular weight is 514 g/mol. The number of piperidine rings is 1. The molecule has 2 heterocycles. The number of alkyl halides is 5. The summed E-state index contributed by atoms with van der Waals surface area (Å²) in [5.41, 5.74) is -1.94. The Bertz CT molecular complexity index is 1130. The first kappa shape index (κ1) is 27.0. The monoisotopic (exact) mass is 514 g/mol. The number of carbonyl (C=O) groups is 1. The molecule has 2 atom stereocenters. The molecular formula is C23H24F6N6O. The van der Waals surface area contributed by atoms with Crippen LogP contribution in [0.2, 0.25) is 0 Å². The maximum atomic E-state index is 14.5. The van der Waals surface area contributed by atoms with Crippen molar-refractivity contribution < 1.29 is 31.1 Å². The van der Waals surface area contributed by atoms with Gasteiger partial charge in [-0.15, -0.1) is 0 Å². The molecule has 0 bridgehead atoms. The summed E-state index contributed by atoms with van der Waals surface area (Å²) in [7, 11) is 1.48. The number of nitrogens with one attached hydrogen (secondary N) is 3. The molecule has 3 rings (SSSR count). The summed E-state index contributed by atoms with van der Waals surface area (Å²) in [6.07, 6.45) is -2.78. The quantitative estimate of drug-likeness (QED) is 0.381. The topological polar surface area (TPSA) is 94.0 Å². The lowest BCUT2D eigenvalue weighted by Gasteiger charge is -2.43. The molecule has 1 amide bonds. The van der Waals surface area contributed by atoms with Crippen molar-refractivity contribution in [2.24, 2.45) is 5.92 Å². The zero-order valence-corrected chi connectivity index (χ0v) is 19.3. The molecule has 7 nitrogen and oxygen atoms in total. The van der Waals surface area contributed by atoms with Crippen LogP contribution in [0, 0.1) is 17.1 Å². The van der Waals surface area contributed by atoms with Gasteiger partial charge in [-0.1, -0.05) is 25.1 Å². The molecule has 36 heavy (non-hydrogen) atoms. The number of aromatic nitrogens is 2. The van der Waals surface area contributed by atoms with E-state index in [1.807, 2.05) is 0 Å². The second-order valence-electron chi connectivity index (χ2n) is 8.41. The van der Waals surface area contributed by atoms with E-state index in [-0.39, 0.29) is 23.6 Å². The van der Waals surface area contributed by atoms with Gasteiger partial charge in [-0.3, -0.25) is 10.2 Å². The van der Waals surface area contributed by atoms with Crippen molar-refractivity contribution in [1.82, 2.24) is 20.2 Å². The SMILES string of the molecule is CN/C=C(\C(=N)C(=O)N1CC(F)(F)C[C@@H](C)C1CNc1ncc(C(F)(F)F)cn1)c1ccccc1F. The van der Waals surface area contributed by atoms with E-state index in [0.717, 1.165) is 11.0 Å². The third kappa shape index (κ3) is 6.13. The molecule has 1 aromatic carbocycles. The standard InChI is InChI=1S/C23H24F6N6O/c1-13-7-22(25,26)12-35(18(13)11-34-21-32-8-14(9-33-21)23(27,28)29)20(36)19(30)16(10-31-2)15-5-3-4-6-17(15)24/h3-6,8-10,13,18,30-31H,7,11-12H2,1-2H3,(H,32,33,34)/b16-10-,30-19?/t13-,18?/m1/s1. The van der Waals surface area contributed by atoms with E-state index >= 15 is 0 Å². The number of amides is 1. The van der Waals surface area contributed by atoms with Gasteiger partial charge in [0.15, 0.2) is 0 Å². The van der Waals surface area contributed by atoms with Crippen molar-refractivity contribution in [3.05, 3.63) is 59.8 Å². The zero-order chi connectivity index (χ0) is 26.7. The van der Waals surface area contributed by atoms with E-state index in [0.29, 0.717) is 12.4 Å². The lowest BCUT2D eigenvalue weighted by molar-refractivity contribution is -0.145. The number of benzene rings is 1. The highest BCUT2D eigenvalue weighted by Gasteiger charge is 2.47. The van der Waals surface area contributed by atoms with Gasteiger partial charge >= 0.3 is 6.18 Å². The minimum Gasteiger partial charge on any atom is -0.393 e. The van der Waals surface area contributed by atoms with E-state index in [9.17, 15) is 31.1 Å². The second kappa shape index (κ2) is 10.5. The minimum absolute atomic E-state index is 0.0603. The second-order valence-corrected chi connectivity index (χ2v) is 8.41. The summed E-state index contributed by atoms with van der Waals surface area (Å²) in [5.74, 6) is -5.92. The van der Waals surface area contributed by atoms with Gasteiger partial charge < -0.3 is 15.5 Å². The average Bonchev–Trinajstić information content (AvgIpc) is 2.80. The number of halogens is 6. The Morgan fingerprint density at radius 3 is 2.47 bits per heavy atom. The maximum Gasteiger partial charge on any atom is 0.419 e. The first-order chi connectivity index (χ1) is 16.8. The molecule has 1 fully saturated rings. The summed E-state index contributed by atoms with van der Waals surface area (Å²) < 4.78 is 81.5. The first-order valence-electron chi connectivity index (χ1n) is 10.9. The maximum absolute atomic E-state index is 14.5. The molecular weight excluding hydrogens is 490 g/mol. The largest absolute Gasteiger partial charge is 0.419 e. The summed E-state index contributed by atoms with van der Waals surface area (Å²) in [6.45, 7) is 0.355. The molecule has 13 heteroatoms. The van der Waals surface area contributed by atoms with Crippen LogP contribution in [0.1, 0.15) is 24.5 Å². The zero-order valence-electron chi connectivity index (χ0n) is 19.3. The highest BCUT2D eigenvalue weighted by atomic mass is 19.4. The van der Waals surface area contributed by atoms with E-state index < -0.39 is 60.0 Å². The van der Waals surface area contributed by atoms with Crippen LogP contribution in [0.15, 0.2) is 42.9 Å². The molecule has 1 saturated heterocycles. The highest BCUT2D eigenvalue weighted by Crippen LogP contribution is 2.35. The molecule has 1 unspecified atom stereocenters. The molecule has 0 radical (unpaired) electrons. The van der Waals surface area contributed by atoms with E-state index in [1.165, 1.54) is 38.4 Å². The fraction of sp³-hybridized carbons (Fsp3) is 0.391. The Balaban J connectivity index is 1.85. The van der Waals surface area contributed by atoms with Gasteiger partial charge in [0.05, 0.1) is 18.2 Å². The number of hydrogen-bond acceptors (Lipinski definition) is 6. The predicted molar refractivity (Wildman–Crippen MR) is 121 cm³/mol. The van der Waals surface area contributed by atoms with Crippen LogP contribution in [-0.4, -0.2) is 58.6 Å². The molecule has 3 N–H and O–H groups in total. The fourth-order valence-corrected chi connectivity index (χ4v) is 4.01. The molecule has 1 aliphatic rings. The van der Waals surface area contributed by atoms with Crippen molar-refractivity contribution in [2.45, 2.75) is 31.5 Å². The molecule has 0 aliphatic carbocycles. The third-order valence-electron chi connectivity index (χ3n) is 5.72. The molecule has 1 aliphatic heterocycles. The van der Waals surface area contributed by atoms with Crippen LogP contribution in [0.3, 0.4) is 0 Å². The number of nitrogens with zero attached hydrogens (tertiary/aromatic N) is 3. The molecule has 2 aromatic rings. The van der Waals surface area contributed by atoms with Crippen LogP contribution in [0.4, 0.5) is 32.3 Å². The number of rotatable bonds is 7. The Morgan fingerprint density at radius 2 is 1.89 bits per heavy atom.